The summed E-state index contributed by atoms with van der Waals surface area (Å²) in [6.07, 6.45) is 3.34. The molecule has 1 aromatic carbocycles. The number of carbonyl (C=O) groups is 2. The van der Waals surface area contributed by atoms with Crippen LogP contribution in [0, 0.1) is 0 Å². The Balaban J connectivity index is 1.73. The summed E-state index contributed by atoms with van der Waals surface area (Å²) < 4.78 is 11.7. The van der Waals surface area contributed by atoms with Gasteiger partial charge in [-0.15, -0.1) is 0 Å². The van der Waals surface area contributed by atoms with Crippen LogP contribution in [0.1, 0.15) is 26.4 Å². The summed E-state index contributed by atoms with van der Waals surface area (Å²) >= 11 is 0. The predicted octanol–water partition coefficient (Wildman–Crippen LogP) is 2.44. The van der Waals surface area contributed by atoms with E-state index in [0.29, 0.717) is 17.0 Å². The van der Waals surface area contributed by atoms with Crippen LogP contribution in [-0.2, 0) is 11.2 Å². The molecule has 1 N–H and O–H groups in total. The Morgan fingerprint density at radius 1 is 1.12 bits per heavy atom. The molecule has 128 valence electrons. The molecule has 0 radical (unpaired) electrons. The molecule has 7 heteroatoms. The van der Waals surface area contributed by atoms with Crippen LogP contribution in [0.3, 0.4) is 0 Å². The van der Waals surface area contributed by atoms with E-state index in [0.717, 1.165) is 5.56 Å². The van der Waals surface area contributed by atoms with Gasteiger partial charge in [0, 0.05) is 31.5 Å². The molecular weight excluding hydrogens is 324 g/mol. The lowest BCUT2D eigenvalue weighted by Gasteiger charge is -2.06. The number of carboxylic acid groups (broad SMARTS) is 1. The molecule has 0 spiro atoms. The van der Waals surface area contributed by atoms with E-state index >= 15 is 0 Å². The third-order valence-corrected chi connectivity index (χ3v) is 3.62. The SMILES string of the molecule is COCOc1ccc(C(=O)Cc2ccc3nc(C(=O)O)cn3c2)cc1. The summed E-state index contributed by atoms with van der Waals surface area (Å²) in [5, 5.41) is 8.98. The Bertz CT molecular complexity index is 915. The van der Waals surface area contributed by atoms with E-state index in [9.17, 15) is 9.59 Å². The van der Waals surface area contributed by atoms with Crippen LogP contribution in [0.2, 0.25) is 0 Å². The minimum atomic E-state index is -1.09. The van der Waals surface area contributed by atoms with Gasteiger partial charge in [0.2, 0.25) is 0 Å². The van der Waals surface area contributed by atoms with Gasteiger partial charge in [0.05, 0.1) is 0 Å². The van der Waals surface area contributed by atoms with Crippen molar-refractivity contribution >= 4 is 17.4 Å². The molecule has 0 unspecified atom stereocenters. The van der Waals surface area contributed by atoms with E-state index in [1.54, 1.807) is 47.0 Å². The van der Waals surface area contributed by atoms with Gasteiger partial charge in [0.15, 0.2) is 18.3 Å². The number of pyridine rings is 1. The number of nitrogens with zero attached hydrogens (tertiary/aromatic N) is 2. The fraction of sp³-hybridized carbons (Fsp3) is 0.167. The molecule has 0 amide bonds. The summed E-state index contributed by atoms with van der Waals surface area (Å²) in [6, 6.07) is 10.3. The van der Waals surface area contributed by atoms with Gasteiger partial charge in [0.1, 0.15) is 11.4 Å². The van der Waals surface area contributed by atoms with Crippen LogP contribution in [-0.4, -0.2) is 40.1 Å². The molecule has 3 rings (SSSR count). The number of methoxy groups -OCH3 is 1. The summed E-state index contributed by atoms with van der Waals surface area (Å²) in [5.74, 6) is -0.507. The molecular formula is C18H16N2O5. The van der Waals surface area contributed by atoms with Crippen molar-refractivity contribution in [2.45, 2.75) is 6.42 Å². The second kappa shape index (κ2) is 7.14. The number of benzene rings is 1. The first-order valence-corrected chi connectivity index (χ1v) is 7.53. The molecule has 0 saturated heterocycles. The zero-order valence-electron chi connectivity index (χ0n) is 13.5. The maximum atomic E-state index is 12.4. The topological polar surface area (TPSA) is 90.1 Å². The van der Waals surface area contributed by atoms with Gasteiger partial charge >= 0.3 is 5.97 Å². The van der Waals surface area contributed by atoms with Crippen LogP contribution in [0.5, 0.6) is 5.75 Å². The van der Waals surface area contributed by atoms with E-state index < -0.39 is 5.97 Å². The summed E-state index contributed by atoms with van der Waals surface area (Å²) in [7, 11) is 1.54. The highest BCUT2D eigenvalue weighted by Gasteiger charge is 2.11. The highest BCUT2D eigenvalue weighted by atomic mass is 16.7. The number of rotatable bonds is 7. The molecule has 0 aliphatic rings. The van der Waals surface area contributed by atoms with Crippen LogP contribution >= 0.6 is 0 Å². The molecule has 25 heavy (non-hydrogen) atoms. The summed E-state index contributed by atoms with van der Waals surface area (Å²) in [5.41, 5.74) is 1.83. The molecule has 0 bridgehead atoms. The van der Waals surface area contributed by atoms with Crippen molar-refractivity contribution in [2.24, 2.45) is 0 Å². The van der Waals surface area contributed by atoms with Crippen molar-refractivity contribution in [2.75, 3.05) is 13.9 Å². The van der Waals surface area contributed by atoms with Crippen molar-refractivity contribution < 1.29 is 24.2 Å². The third kappa shape index (κ3) is 3.84. The minimum absolute atomic E-state index is 0.0323. The minimum Gasteiger partial charge on any atom is -0.476 e. The molecule has 0 fully saturated rings. The standard InChI is InChI=1S/C18H16N2O5/c1-24-11-25-14-5-3-13(4-6-14)16(21)8-12-2-7-17-19-15(18(22)23)10-20(17)9-12/h2-7,9-10H,8,11H2,1H3,(H,22,23). The first kappa shape index (κ1) is 16.7. The number of fused-ring (bicyclic) bond motifs is 1. The number of aromatic carboxylic acids is 1. The first-order valence-electron chi connectivity index (χ1n) is 7.53. The van der Waals surface area contributed by atoms with Crippen molar-refractivity contribution in [3.63, 3.8) is 0 Å². The van der Waals surface area contributed by atoms with E-state index in [1.807, 2.05) is 0 Å². The fourth-order valence-electron chi connectivity index (χ4n) is 2.40. The lowest BCUT2D eigenvalue weighted by molar-refractivity contribution is 0.0511. The Morgan fingerprint density at radius 2 is 1.88 bits per heavy atom. The van der Waals surface area contributed by atoms with Gasteiger partial charge in [-0.1, -0.05) is 6.07 Å². The molecule has 0 atom stereocenters. The number of carboxylic acids is 1. The van der Waals surface area contributed by atoms with E-state index in [4.69, 9.17) is 14.6 Å². The molecule has 0 aliphatic heterocycles. The second-order valence-electron chi connectivity index (χ2n) is 5.41. The fourth-order valence-corrected chi connectivity index (χ4v) is 2.40. The number of imidazole rings is 1. The zero-order chi connectivity index (χ0) is 17.8. The van der Waals surface area contributed by atoms with Gasteiger partial charge in [-0.2, -0.15) is 0 Å². The molecule has 3 aromatic rings. The van der Waals surface area contributed by atoms with Gasteiger partial charge in [-0.05, 0) is 35.9 Å². The average molecular weight is 340 g/mol. The molecule has 2 aromatic heterocycles. The number of Topliss-reactive ketones (excluding diaryl/α,β-unsaturated/α-hetero) is 1. The van der Waals surface area contributed by atoms with Gasteiger partial charge < -0.3 is 19.0 Å². The van der Waals surface area contributed by atoms with Crippen molar-refractivity contribution in [1.82, 2.24) is 9.38 Å². The van der Waals surface area contributed by atoms with Gasteiger partial charge in [-0.25, -0.2) is 9.78 Å². The maximum absolute atomic E-state index is 12.4. The maximum Gasteiger partial charge on any atom is 0.356 e. The smallest absolute Gasteiger partial charge is 0.356 e. The van der Waals surface area contributed by atoms with E-state index in [-0.39, 0.29) is 24.7 Å². The number of carbonyl (C=O) groups excluding carboxylic acids is 1. The lowest BCUT2D eigenvalue weighted by Crippen LogP contribution is -2.05. The zero-order valence-corrected chi connectivity index (χ0v) is 13.5. The highest BCUT2D eigenvalue weighted by Crippen LogP contribution is 2.15. The van der Waals surface area contributed by atoms with Crippen LogP contribution in [0.15, 0.2) is 48.8 Å². The molecule has 7 nitrogen and oxygen atoms in total. The Labute approximate surface area is 143 Å². The molecule has 0 saturated carbocycles. The number of ketones is 1. The largest absolute Gasteiger partial charge is 0.476 e. The Morgan fingerprint density at radius 3 is 2.56 bits per heavy atom. The van der Waals surface area contributed by atoms with Crippen LogP contribution in [0.25, 0.3) is 5.65 Å². The first-order chi connectivity index (χ1) is 12.1. The second-order valence-corrected chi connectivity index (χ2v) is 5.41. The molecule has 2 heterocycles. The van der Waals surface area contributed by atoms with Gasteiger partial charge in [0.25, 0.3) is 0 Å². The van der Waals surface area contributed by atoms with Gasteiger partial charge in [-0.3, -0.25) is 4.79 Å². The third-order valence-electron chi connectivity index (χ3n) is 3.62. The summed E-state index contributed by atoms with van der Waals surface area (Å²) in [4.78, 5) is 27.3. The van der Waals surface area contributed by atoms with Crippen LogP contribution in [0.4, 0.5) is 0 Å². The van der Waals surface area contributed by atoms with Crippen LogP contribution < -0.4 is 4.74 Å². The molecule has 0 aliphatic carbocycles. The normalized spacial score (nSPS) is 10.8. The Kier molecular flexibility index (Phi) is 4.76. The number of hydrogen-bond donors (Lipinski definition) is 1. The van der Waals surface area contributed by atoms with Crippen molar-refractivity contribution in [1.29, 1.82) is 0 Å². The number of hydrogen-bond acceptors (Lipinski definition) is 5. The number of ether oxygens (including phenoxy) is 2. The Hall–Kier alpha value is -3.19. The van der Waals surface area contributed by atoms with Crippen molar-refractivity contribution in [3.8, 4) is 5.75 Å². The monoisotopic (exact) mass is 340 g/mol. The average Bonchev–Trinajstić information content (AvgIpc) is 3.04. The summed E-state index contributed by atoms with van der Waals surface area (Å²) in [6.45, 7) is 0.149. The number of aromatic nitrogens is 2. The van der Waals surface area contributed by atoms with E-state index in [1.165, 1.54) is 13.3 Å². The lowest BCUT2D eigenvalue weighted by atomic mass is 10.0. The van der Waals surface area contributed by atoms with Crippen molar-refractivity contribution in [3.05, 3.63) is 65.6 Å². The predicted molar refractivity (Wildman–Crippen MR) is 89.1 cm³/mol. The van der Waals surface area contributed by atoms with E-state index in [2.05, 4.69) is 4.98 Å². The highest BCUT2D eigenvalue weighted by molar-refractivity contribution is 5.97. The quantitative estimate of drug-likeness (QED) is 0.525.